The minimum Gasteiger partial charge on any atom is -0.349 e. The van der Waals surface area contributed by atoms with Crippen LogP contribution in [0.4, 0.5) is 24.5 Å². The highest BCUT2D eigenvalue weighted by Gasteiger charge is 2.49. The van der Waals surface area contributed by atoms with Crippen molar-refractivity contribution < 1.29 is 22.8 Å². The molecular weight excluding hydrogens is 505 g/mol. The van der Waals surface area contributed by atoms with Crippen molar-refractivity contribution in [1.29, 1.82) is 0 Å². The van der Waals surface area contributed by atoms with Crippen LogP contribution < -0.4 is 10.6 Å². The molecule has 2 amide bonds. The summed E-state index contributed by atoms with van der Waals surface area (Å²) in [5, 5.41) is 6.44. The van der Waals surface area contributed by atoms with E-state index in [4.69, 9.17) is 0 Å². The first-order valence-electron chi connectivity index (χ1n) is 13.2. The Kier molecular flexibility index (Phi) is 7.18. The van der Waals surface area contributed by atoms with Crippen molar-refractivity contribution in [2.45, 2.75) is 64.6 Å². The van der Waals surface area contributed by atoms with Crippen LogP contribution >= 0.6 is 0 Å². The first-order chi connectivity index (χ1) is 18.5. The highest BCUT2D eigenvalue weighted by molar-refractivity contribution is 5.97. The number of amides is 2. The van der Waals surface area contributed by atoms with Crippen LogP contribution in [-0.4, -0.2) is 29.1 Å². The first-order valence-corrected chi connectivity index (χ1v) is 13.2. The van der Waals surface area contributed by atoms with Gasteiger partial charge in [0.25, 0.3) is 5.91 Å². The van der Waals surface area contributed by atoms with Gasteiger partial charge in [0.1, 0.15) is 5.69 Å². The maximum absolute atomic E-state index is 13.5. The van der Waals surface area contributed by atoms with Gasteiger partial charge in [0.15, 0.2) is 0 Å². The number of halogens is 3. The molecule has 39 heavy (non-hydrogen) atoms. The van der Waals surface area contributed by atoms with Crippen LogP contribution in [0.1, 0.15) is 67.1 Å². The number of aliphatic imine (C=N–C) groups is 1. The van der Waals surface area contributed by atoms with Crippen molar-refractivity contribution in [3.63, 3.8) is 0 Å². The number of aryl methyl sites for hydroxylation is 1. The molecule has 1 aromatic heterocycles. The molecule has 2 aromatic carbocycles. The fraction of sp³-hybridized carbons (Fsp3) is 0.400. The van der Waals surface area contributed by atoms with E-state index in [1.807, 2.05) is 19.2 Å². The molecule has 2 N–H and O–H groups in total. The lowest BCUT2D eigenvalue weighted by Gasteiger charge is -2.33. The van der Waals surface area contributed by atoms with E-state index in [-0.39, 0.29) is 40.4 Å². The lowest BCUT2D eigenvalue weighted by atomic mass is 9.76. The zero-order chi connectivity index (χ0) is 27.8. The van der Waals surface area contributed by atoms with Gasteiger partial charge in [-0.25, -0.2) is 4.98 Å². The number of hydrogen-bond donors (Lipinski definition) is 2. The minimum atomic E-state index is -4.56. The van der Waals surface area contributed by atoms with Crippen LogP contribution in [0.15, 0.2) is 53.5 Å². The molecule has 2 saturated carbocycles. The highest BCUT2D eigenvalue weighted by atomic mass is 19.4. The van der Waals surface area contributed by atoms with Gasteiger partial charge < -0.3 is 10.6 Å². The molecule has 0 aliphatic heterocycles. The van der Waals surface area contributed by atoms with E-state index >= 15 is 0 Å². The third-order valence-corrected chi connectivity index (χ3v) is 7.79. The Labute approximate surface area is 225 Å². The molecule has 2 aliphatic carbocycles. The van der Waals surface area contributed by atoms with Gasteiger partial charge in [-0.15, -0.1) is 0 Å². The van der Waals surface area contributed by atoms with Gasteiger partial charge in [-0.2, -0.15) is 13.2 Å². The second-order valence-corrected chi connectivity index (χ2v) is 10.8. The summed E-state index contributed by atoms with van der Waals surface area (Å²) in [7, 11) is 0. The smallest absolute Gasteiger partial charge is 0.349 e. The normalized spacial score (nSPS) is 20.6. The molecule has 6 nitrogen and oxygen atoms in total. The molecule has 0 radical (unpaired) electrons. The number of hydrogen-bond acceptors (Lipinski definition) is 4. The highest BCUT2D eigenvalue weighted by Crippen LogP contribution is 2.55. The minimum absolute atomic E-state index is 0.00668. The van der Waals surface area contributed by atoms with Crippen molar-refractivity contribution >= 4 is 40.3 Å². The fourth-order valence-electron chi connectivity index (χ4n) is 5.61. The maximum Gasteiger partial charge on any atom is 0.433 e. The van der Waals surface area contributed by atoms with E-state index in [1.165, 1.54) is 6.92 Å². The molecule has 5 rings (SSSR count). The Morgan fingerprint density at radius 3 is 2.62 bits per heavy atom. The fourth-order valence-corrected chi connectivity index (χ4v) is 5.61. The molecule has 0 spiro atoms. The topological polar surface area (TPSA) is 83.5 Å². The number of nitrogens with one attached hydrogen (secondary N) is 2. The Balaban J connectivity index is 1.32. The first kappa shape index (κ1) is 26.8. The summed E-state index contributed by atoms with van der Waals surface area (Å²) in [6.45, 7) is 3.30. The second kappa shape index (κ2) is 10.4. The number of carbonyl (C=O) groups is 2. The van der Waals surface area contributed by atoms with E-state index in [0.717, 1.165) is 50.2 Å². The zero-order valence-electron chi connectivity index (χ0n) is 21.9. The standard InChI is InChI=1S/C30H31F3N4O2/c1-18-9-10-25-24(13-18)26(16-27(37-25)30(31,32)33)34-17-29(11-12-29)21-6-4-8-23(15-21)36-28(39)20-5-3-7-22(14-20)35-19(2)38/h3,5,7,9-10,13-14,16-17,21,23H,4,6,8,11-12,15H2,1-2H3,(H,35,38)(H,36,39). The molecule has 2 aliphatic rings. The molecule has 204 valence electrons. The molecule has 0 bridgehead atoms. The van der Waals surface area contributed by atoms with Gasteiger partial charge in [0, 0.05) is 41.2 Å². The number of fused-ring (bicyclic) bond motifs is 1. The van der Waals surface area contributed by atoms with Crippen LogP contribution in [0.3, 0.4) is 0 Å². The number of nitrogens with zero attached hydrogens (tertiary/aromatic N) is 2. The third-order valence-electron chi connectivity index (χ3n) is 7.79. The molecule has 2 atom stereocenters. The number of benzene rings is 2. The van der Waals surface area contributed by atoms with Crippen molar-refractivity contribution in [3.05, 3.63) is 65.4 Å². The summed E-state index contributed by atoms with van der Waals surface area (Å²) < 4.78 is 40.6. The van der Waals surface area contributed by atoms with E-state index in [2.05, 4.69) is 20.6 Å². The Hall–Kier alpha value is -3.75. The number of carbonyl (C=O) groups excluding carboxylic acids is 2. The SMILES string of the molecule is CC(=O)Nc1cccc(C(=O)NC2CCCC(C3(C=Nc4cc(C(F)(F)F)nc5ccc(C)cc45)CC3)C2)c1. The molecule has 1 heterocycles. The maximum atomic E-state index is 13.5. The largest absolute Gasteiger partial charge is 0.433 e. The van der Waals surface area contributed by atoms with Crippen LogP contribution in [0.5, 0.6) is 0 Å². The van der Waals surface area contributed by atoms with Gasteiger partial charge in [0.2, 0.25) is 5.91 Å². The average molecular weight is 537 g/mol. The third kappa shape index (κ3) is 6.13. The van der Waals surface area contributed by atoms with E-state index in [0.29, 0.717) is 16.6 Å². The Morgan fingerprint density at radius 2 is 1.90 bits per heavy atom. The Bertz CT molecular complexity index is 1450. The summed E-state index contributed by atoms with van der Waals surface area (Å²) in [4.78, 5) is 32.8. The second-order valence-electron chi connectivity index (χ2n) is 10.8. The molecule has 0 saturated heterocycles. The van der Waals surface area contributed by atoms with Crippen LogP contribution in [0.25, 0.3) is 10.9 Å². The van der Waals surface area contributed by atoms with Crippen molar-refractivity contribution in [2.24, 2.45) is 16.3 Å². The molecular formula is C30H31F3N4O2. The Morgan fingerprint density at radius 1 is 1.10 bits per heavy atom. The van der Waals surface area contributed by atoms with E-state index in [1.54, 1.807) is 36.4 Å². The number of rotatable bonds is 6. The van der Waals surface area contributed by atoms with Crippen molar-refractivity contribution in [1.82, 2.24) is 10.3 Å². The summed E-state index contributed by atoms with van der Waals surface area (Å²) in [5.74, 6) is -0.115. The molecule has 2 fully saturated rings. The zero-order valence-corrected chi connectivity index (χ0v) is 21.9. The van der Waals surface area contributed by atoms with Crippen molar-refractivity contribution in [2.75, 3.05) is 5.32 Å². The molecule has 9 heteroatoms. The van der Waals surface area contributed by atoms with Gasteiger partial charge in [-0.1, -0.05) is 24.1 Å². The lowest BCUT2D eigenvalue weighted by Crippen LogP contribution is -2.40. The number of anilines is 1. The van der Waals surface area contributed by atoms with Gasteiger partial charge in [-0.3, -0.25) is 14.6 Å². The summed E-state index contributed by atoms with van der Waals surface area (Å²) >= 11 is 0. The van der Waals surface area contributed by atoms with Gasteiger partial charge in [0.05, 0.1) is 11.2 Å². The number of alkyl halides is 3. The van der Waals surface area contributed by atoms with Crippen LogP contribution in [0, 0.1) is 18.3 Å². The monoisotopic (exact) mass is 536 g/mol. The van der Waals surface area contributed by atoms with Crippen molar-refractivity contribution in [3.8, 4) is 0 Å². The van der Waals surface area contributed by atoms with Crippen LogP contribution in [-0.2, 0) is 11.0 Å². The van der Waals surface area contributed by atoms with Gasteiger partial charge in [-0.05, 0) is 81.3 Å². The lowest BCUT2D eigenvalue weighted by molar-refractivity contribution is -0.140. The number of aromatic nitrogens is 1. The quantitative estimate of drug-likeness (QED) is 0.333. The van der Waals surface area contributed by atoms with Gasteiger partial charge >= 0.3 is 6.18 Å². The van der Waals surface area contributed by atoms with E-state index < -0.39 is 11.9 Å². The predicted molar refractivity (Wildman–Crippen MR) is 145 cm³/mol. The average Bonchev–Trinajstić information content (AvgIpc) is 3.68. The summed E-state index contributed by atoms with van der Waals surface area (Å²) in [5.41, 5.74) is 1.40. The summed E-state index contributed by atoms with van der Waals surface area (Å²) in [6, 6.07) is 13.0. The van der Waals surface area contributed by atoms with E-state index in [9.17, 15) is 22.8 Å². The molecule has 3 aromatic rings. The summed E-state index contributed by atoms with van der Waals surface area (Å²) in [6.07, 6.45) is 2.74. The van der Waals surface area contributed by atoms with Crippen LogP contribution in [0.2, 0.25) is 0 Å². The molecule has 2 unspecified atom stereocenters. The predicted octanol–water partition coefficient (Wildman–Crippen LogP) is 6.99. The number of pyridine rings is 1.